The van der Waals surface area contributed by atoms with Crippen molar-refractivity contribution >= 4 is 23.4 Å². The van der Waals surface area contributed by atoms with Crippen LogP contribution in [-0.2, 0) is 32.8 Å². The van der Waals surface area contributed by atoms with E-state index in [1.807, 2.05) is 77.3 Å². The van der Waals surface area contributed by atoms with Gasteiger partial charge in [-0.15, -0.1) is 0 Å². The Kier molecular flexibility index (Phi) is 6.33. The van der Waals surface area contributed by atoms with Gasteiger partial charge in [-0.25, -0.2) is 4.98 Å². The Hall–Kier alpha value is -4.33. The Balaban J connectivity index is 1.38. The Morgan fingerprint density at radius 2 is 1.78 bits per heavy atom. The molecule has 0 aliphatic carbocycles. The SMILES string of the molecule is CN(Cc1cnc2ccccn12)C(=O)CC1(c2ccccc2)CC(=O)N(CCc2ccccn2)C1=O. The molecule has 1 aromatic carbocycles. The van der Waals surface area contributed by atoms with E-state index in [0.29, 0.717) is 18.5 Å². The summed E-state index contributed by atoms with van der Waals surface area (Å²) in [5, 5.41) is 0. The summed E-state index contributed by atoms with van der Waals surface area (Å²) >= 11 is 0. The first kappa shape index (κ1) is 23.4. The number of hydrogen-bond acceptors (Lipinski definition) is 5. The maximum Gasteiger partial charge on any atom is 0.240 e. The third-order valence-electron chi connectivity index (χ3n) is 6.82. The average molecular weight is 482 g/mol. The molecule has 8 heteroatoms. The normalized spacial score (nSPS) is 17.6. The van der Waals surface area contributed by atoms with E-state index in [1.54, 1.807) is 24.3 Å². The molecule has 1 aliphatic heterocycles. The van der Waals surface area contributed by atoms with Crippen molar-refractivity contribution in [1.29, 1.82) is 0 Å². The van der Waals surface area contributed by atoms with Gasteiger partial charge < -0.3 is 9.30 Å². The highest BCUT2D eigenvalue weighted by atomic mass is 16.2. The van der Waals surface area contributed by atoms with E-state index in [4.69, 9.17) is 0 Å². The second-order valence-electron chi connectivity index (χ2n) is 9.15. The standard InChI is InChI=1S/C28H27N5O3/c1-31(20-23-19-30-24-12-6-8-15-32(23)24)25(34)17-28(21-9-3-2-4-10-21)18-26(35)33(27(28)36)16-13-22-11-5-7-14-29-22/h2-12,14-15,19H,13,16-18,20H2,1H3. The summed E-state index contributed by atoms with van der Waals surface area (Å²) in [4.78, 5) is 52.0. The molecule has 3 amide bonds. The Labute approximate surface area is 209 Å². The van der Waals surface area contributed by atoms with Crippen molar-refractivity contribution in [3.63, 3.8) is 0 Å². The van der Waals surface area contributed by atoms with Gasteiger partial charge in [0.05, 0.1) is 23.9 Å². The zero-order chi connectivity index (χ0) is 25.1. The van der Waals surface area contributed by atoms with Crippen LogP contribution in [0.2, 0.25) is 0 Å². The largest absolute Gasteiger partial charge is 0.340 e. The third-order valence-corrected chi connectivity index (χ3v) is 6.82. The van der Waals surface area contributed by atoms with E-state index in [0.717, 1.165) is 17.0 Å². The van der Waals surface area contributed by atoms with Crippen LogP contribution in [0.15, 0.2) is 85.3 Å². The van der Waals surface area contributed by atoms with Crippen LogP contribution in [0.25, 0.3) is 5.65 Å². The van der Waals surface area contributed by atoms with Crippen LogP contribution in [0.4, 0.5) is 0 Å². The van der Waals surface area contributed by atoms with Crippen LogP contribution in [0.5, 0.6) is 0 Å². The molecule has 1 aliphatic rings. The molecular weight excluding hydrogens is 454 g/mol. The number of pyridine rings is 2. The predicted octanol–water partition coefficient (Wildman–Crippen LogP) is 3.02. The molecule has 3 aromatic heterocycles. The zero-order valence-electron chi connectivity index (χ0n) is 20.1. The monoisotopic (exact) mass is 481 g/mol. The van der Waals surface area contributed by atoms with E-state index in [2.05, 4.69) is 9.97 Å². The lowest BCUT2D eigenvalue weighted by atomic mass is 9.75. The Morgan fingerprint density at radius 3 is 2.56 bits per heavy atom. The fraction of sp³-hybridized carbons (Fsp3) is 0.250. The number of aromatic nitrogens is 3. The summed E-state index contributed by atoms with van der Waals surface area (Å²) < 4.78 is 1.93. The molecule has 5 rings (SSSR count). The van der Waals surface area contributed by atoms with Crippen LogP contribution in [0.1, 0.15) is 29.8 Å². The number of nitrogens with zero attached hydrogens (tertiary/aromatic N) is 5. The quantitative estimate of drug-likeness (QED) is 0.361. The number of rotatable bonds is 8. The number of benzene rings is 1. The average Bonchev–Trinajstić information content (AvgIpc) is 3.42. The summed E-state index contributed by atoms with van der Waals surface area (Å²) in [5.41, 5.74) is 1.92. The van der Waals surface area contributed by atoms with E-state index < -0.39 is 5.41 Å². The van der Waals surface area contributed by atoms with Gasteiger partial charge in [0.2, 0.25) is 17.7 Å². The summed E-state index contributed by atoms with van der Waals surface area (Å²) in [7, 11) is 1.71. The smallest absolute Gasteiger partial charge is 0.240 e. The van der Waals surface area contributed by atoms with Gasteiger partial charge in [0, 0.05) is 50.9 Å². The molecule has 1 fully saturated rings. The molecule has 1 atom stereocenters. The van der Waals surface area contributed by atoms with Crippen LogP contribution in [-0.4, -0.2) is 55.5 Å². The van der Waals surface area contributed by atoms with Gasteiger partial charge in [-0.1, -0.05) is 42.5 Å². The maximum absolute atomic E-state index is 13.8. The minimum Gasteiger partial charge on any atom is -0.340 e. The first-order valence-electron chi connectivity index (χ1n) is 11.9. The van der Waals surface area contributed by atoms with Gasteiger partial charge >= 0.3 is 0 Å². The zero-order valence-corrected chi connectivity index (χ0v) is 20.1. The molecule has 0 N–H and O–H groups in total. The number of likely N-dealkylation sites (tertiary alicyclic amines) is 1. The molecular formula is C28H27N5O3. The van der Waals surface area contributed by atoms with E-state index in [9.17, 15) is 14.4 Å². The molecule has 1 saturated heterocycles. The molecule has 0 bridgehead atoms. The van der Waals surface area contributed by atoms with Crippen LogP contribution in [0, 0.1) is 0 Å². The van der Waals surface area contributed by atoms with E-state index >= 15 is 0 Å². The molecule has 182 valence electrons. The summed E-state index contributed by atoms with van der Waals surface area (Å²) in [6, 6.07) is 20.5. The Bertz CT molecular complexity index is 1400. The highest BCUT2D eigenvalue weighted by Gasteiger charge is 2.53. The summed E-state index contributed by atoms with van der Waals surface area (Å²) in [6.45, 7) is 0.565. The lowest BCUT2D eigenvalue weighted by Crippen LogP contribution is -2.43. The maximum atomic E-state index is 13.8. The fourth-order valence-corrected chi connectivity index (χ4v) is 4.85. The molecule has 0 saturated carbocycles. The highest BCUT2D eigenvalue weighted by molar-refractivity contribution is 6.10. The fourth-order valence-electron chi connectivity index (χ4n) is 4.85. The minimum atomic E-state index is -1.23. The van der Waals surface area contributed by atoms with Crippen molar-refractivity contribution in [2.24, 2.45) is 0 Å². The predicted molar refractivity (Wildman–Crippen MR) is 134 cm³/mol. The summed E-state index contributed by atoms with van der Waals surface area (Å²) in [5.74, 6) is -0.805. The molecule has 1 unspecified atom stereocenters. The van der Waals surface area contributed by atoms with Gasteiger partial charge in [-0.3, -0.25) is 24.3 Å². The van der Waals surface area contributed by atoms with Gasteiger partial charge in [-0.2, -0.15) is 0 Å². The number of amides is 3. The van der Waals surface area contributed by atoms with Crippen molar-refractivity contribution in [2.45, 2.75) is 31.2 Å². The van der Waals surface area contributed by atoms with Crippen LogP contribution in [0.3, 0.4) is 0 Å². The Morgan fingerprint density at radius 1 is 1.00 bits per heavy atom. The lowest BCUT2D eigenvalue weighted by molar-refractivity contribution is -0.142. The van der Waals surface area contributed by atoms with Crippen molar-refractivity contribution in [2.75, 3.05) is 13.6 Å². The number of carbonyl (C=O) groups excluding carboxylic acids is 3. The first-order valence-corrected chi connectivity index (χ1v) is 11.9. The second-order valence-corrected chi connectivity index (χ2v) is 9.15. The number of imide groups is 1. The molecule has 8 nitrogen and oxygen atoms in total. The van der Waals surface area contributed by atoms with Crippen LogP contribution >= 0.6 is 0 Å². The van der Waals surface area contributed by atoms with Crippen molar-refractivity contribution in [1.82, 2.24) is 24.2 Å². The summed E-state index contributed by atoms with van der Waals surface area (Å²) in [6.07, 6.45) is 5.68. The number of carbonyl (C=O) groups is 3. The lowest BCUT2D eigenvalue weighted by Gasteiger charge is -2.29. The molecule has 0 spiro atoms. The van der Waals surface area contributed by atoms with Gasteiger partial charge in [0.1, 0.15) is 5.65 Å². The van der Waals surface area contributed by atoms with Crippen LogP contribution < -0.4 is 0 Å². The number of imidazole rings is 1. The van der Waals surface area contributed by atoms with Gasteiger partial charge in [0.15, 0.2) is 0 Å². The first-order chi connectivity index (χ1) is 17.5. The second kappa shape index (κ2) is 9.73. The van der Waals surface area contributed by atoms with Gasteiger partial charge in [-0.05, 0) is 29.8 Å². The number of hydrogen-bond donors (Lipinski definition) is 0. The number of fused-ring (bicyclic) bond motifs is 1. The van der Waals surface area contributed by atoms with Crippen molar-refractivity contribution in [3.05, 3.63) is 102 Å². The molecule has 36 heavy (non-hydrogen) atoms. The molecule has 4 heterocycles. The topological polar surface area (TPSA) is 87.9 Å². The van der Waals surface area contributed by atoms with E-state index in [1.165, 1.54) is 4.90 Å². The molecule has 4 aromatic rings. The molecule has 0 radical (unpaired) electrons. The minimum absolute atomic E-state index is 0.0345. The van der Waals surface area contributed by atoms with Gasteiger partial charge in [0.25, 0.3) is 0 Å². The van der Waals surface area contributed by atoms with E-state index in [-0.39, 0.29) is 37.1 Å². The third kappa shape index (κ3) is 4.37. The highest BCUT2D eigenvalue weighted by Crippen LogP contribution is 2.40. The van der Waals surface area contributed by atoms with Crippen molar-refractivity contribution < 1.29 is 14.4 Å². The van der Waals surface area contributed by atoms with Crippen molar-refractivity contribution in [3.8, 4) is 0 Å².